The smallest absolute Gasteiger partial charge is 0.247 e. The van der Waals surface area contributed by atoms with Gasteiger partial charge in [-0.15, -0.1) is 0 Å². The molecule has 1 aliphatic rings. The highest BCUT2D eigenvalue weighted by Crippen LogP contribution is 2.40. The third kappa shape index (κ3) is 1.99. The van der Waals surface area contributed by atoms with Gasteiger partial charge in [0.1, 0.15) is 6.17 Å². The molecule has 1 aliphatic carbocycles. The Kier molecular flexibility index (Phi) is 2.44. The van der Waals surface area contributed by atoms with E-state index in [-0.39, 0.29) is 24.8 Å². The van der Waals surface area contributed by atoms with Crippen LogP contribution >= 0.6 is 0 Å². The van der Waals surface area contributed by atoms with Crippen LogP contribution in [-0.2, 0) is 0 Å². The van der Waals surface area contributed by atoms with Gasteiger partial charge in [0, 0.05) is 0 Å². The second-order valence-corrected chi connectivity index (χ2v) is 3.13. The van der Waals surface area contributed by atoms with E-state index in [2.05, 4.69) is 6.58 Å². The van der Waals surface area contributed by atoms with E-state index in [0.717, 1.165) is 0 Å². The Morgan fingerprint density at radius 1 is 1.25 bits per heavy atom. The fourth-order valence-corrected chi connectivity index (χ4v) is 1.48. The van der Waals surface area contributed by atoms with E-state index in [9.17, 15) is 17.6 Å². The van der Waals surface area contributed by atoms with Crippen molar-refractivity contribution in [1.82, 2.24) is 0 Å². The van der Waals surface area contributed by atoms with Gasteiger partial charge in [-0.25, -0.2) is 4.39 Å². The van der Waals surface area contributed by atoms with Crippen LogP contribution in [-0.4, -0.2) is 12.3 Å². The third-order valence-electron chi connectivity index (χ3n) is 2.14. The third-order valence-corrected chi connectivity index (χ3v) is 2.14. The quantitative estimate of drug-likeness (QED) is 0.398. The minimum Gasteiger partial charge on any atom is -0.247 e. The monoisotopic (exact) mass is 182 g/mol. The summed E-state index contributed by atoms with van der Waals surface area (Å²) in [6.45, 7) is 3.25. The number of rotatable bonds is 0. The highest BCUT2D eigenvalue weighted by Gasteiger charge is 2.43. The predicted octanol–water partition coefficient (Wildman–Crippen LogP) is 3.24. The first-order valence-corrected chi connectivity index (χ1v) is 3.79. The lowest BCUT2D eigenvalue weighted by Gasteiger charge is -2.28. The molecular formula is C8H10F4. The van der Waals surface area contributed by atoms with E-state index in [0.29, 0.717) is 0 Å². The number of allylic oxidation sites excluding steroid dienone is 1. The highest BCUT2D eigenvalue weighted by molar-refractivity contribution is 5.08. The van der Waals surface area contributed by atoms with E-state index in [4.69, 9.17) is 0 Å². The molecule has 2 atom stereocenters. The van der Waals surface area contributed by atoms with Crippen molar-refractivity contribution in [2.45, 2.75) is 31.6 Å². The summed E-state index contributed by atoms with van der Waals surface area (Å²) in [5, 5.41) is 0. The van der Waals surface area contributed by atoms with Crippen LogP contribution in [0.15, 0.2) is 12.2 Å². The Morgan fingerprint density at radius 3 is 2.25 bits per heavy atom. The van der Waals surface area contributed by atoms with Crippen LogP contribution in [0.2, 0.25) is 0 Å². The summed E-state index contributed by atoms with van der Waals surface area (Å²) in [6, 6.07) is 0. The maximum atomic E-state index is 12.6. The SMILES string of the molecule is C=C1CC(F)CCC1C(F)(F)F. The molecule has 0 radical (unpaired) electrons. The zero-order chi connectivity index (χ0) is 9.35. The molecular weight excluding hydrogens is 172 g/mol. The molecule has 0 saturated heterocycles. The minimum atomic E-state index is -4.24. The molecule has 0 aliphatic heterocycles. The van der Waals surface area contributed by atoms with Crippen molar-refractivity contribution in [3.05, 3.63) is 12.2 Å². The number of hydrogen-bond donors (Lipinski definition) is 0. The Morgan fingerprint density at radius 2 is 1.83 bits per heavy atom. The summed E-state index contributed by atoms with van der Waals surface area (Å²) in [7, 11) is 0. The van der Waals surface area contributed by atoms with Gasteiger partial charge in [0.05, 0.1) is 5.92 Å². The average molecular weight is 182 g/mol. The minimum absolute atomic E-state index is 0.00317. The van der Waals surface area contributed by atoms with E-state index in [1.165, 1.54) is 0 Å². The van der Waals surface area contributed by atoms with E-state index >= 15 is 0 Å². The highest BCUT2D eigenvalue weighted by atomic mass is 19.4. The molecule has 4 heteroatoms. The molecule has 0 spiro atoms. The van der Waals surface area contributed by atoms with Gasteiger partial charge < -0.3 is 0 Å². The lowest BCUT2D eigenvalue weighted by atomic mass is 9.84. The average Bonchev–Trinajstić information content (AvgIpc) is 1.83. The second kappa shape index (κ2) is 3.07. The Labute approximate surface area is 68.3 Å². The summed E-state index contributed by atoms with van der Waals surface area (Å²) >= 11 is 0. The van der Waals surface area contributed by atoms with Crippen molar-refractivity contribution in [3.63, 3.8) is 0 Å². The number of halogens is 4. The topological polar surface area (TPSA) is 0 Å². The molecule has 0 N–H and O–H groups in total. The standard InChI is InChI=1S/C8H10F4/c1-5-4-6(9)2-3-7(5)8(10,11)12/h6-7H,1-4H2. The van der Waals surface area contributed by atoms with Crippen molar-refractivity contribution in [1.29, 1.82) is 0 Å². The molecule has 12 heavy (non-hydrogen) atoms. The Bertz CT molecular complexity index is 182. The molecule has 0 amide bonds. The van der Waals surface area contributed by atoms with Gasteiger partial charge in [0.2, 0.25) is 0 Å². The molecule has 0 bridgehead atoms. The van der Waals surface area contributed by atoms with Crippen molar-refractivity contribution >= 4 is 0 Å². The van der Waals surface area contributed by atoms with Gasteiger partial charge in [-0.05, 0) is 19.3 Å². The molecule has 0 nitrogen and oxygen atoms in total. The zero-order valence-corrected chi connectivity index (χ0v) is 6.49. The molecule has 0 aromatic rings. The molecule has 2 unspecified atom stereocenters. The van der Waals surface area contributed by atoms with Crippen molar-refractivity contribution in [2.75, 3.05) is 0 Å². The van der Waals surface area contributed by atoms with Crippen molar-refractivity contribution < 1.29 is 17.6 Å². The summed E-state index contributed by atoms with van der Waals surface area (Å²) in [5.74, 6) is -1.48. The van der Waals surface area contributed by atoms with Crippen LogP contribution < -0.4 is 0 Å². The van der Waals surface area contributed by atoms with Crippen molar-refractivity contribution in [2.24, 2.45) is 5.92 Å². The molecule has 1 rings (SSSR count). The molecule has 70 valence electrons. The largest absolute Gasteiger partial charge is 0.395 e. The lowest BCUT2D eigenvalue weighted by molar-refractivity contribution is -0.170. The summed E-state index contributed by atoms with van der Waals surface area (Å²) in [5.41, 5.74) is -0.0127. The van der Waals surface area contributed by atoms with Gasteiger partial charge in [0.25, 0.3) is 0 Å². The Hall–Kier alpha value is -0.540. The van der Waals surface area contributed by atoms with Gasteiger partial charge in [-0.1, -0.05) is 12.2 Å². The first-order chi connectivity index (χ1) is 5.41. The first kappa shape index (κ1) is 9.55. The molecule has 1 fully saturated rings. The summed E-state index contributed by atoms with van der Waals surface area (Å²) in [4.78, 5) is 0. The first-order valence-electron chi connectivity index (χ1n) is 3.79. The Balaban J connectivity index is 2.63. The van der Waals surface area contributed by atoms with Gasteiger partial charge in [-0.2, -0.15) is 13.2 Å². The van der Waals surface area contributed by atoms with Crippen LogP contribution in [0.5, 0.6) is 0 Å². The van der Waals surface area contributed by atoms with Gasteiger partial charge >= 0.3 is 6.18 Å². The van der Waals surface area contributed by atoms with Crippen LogP contribution in [0.1, 0.15) is 19.3 Å². The van der Waals surface area contributed by atoms with Crippen LogP contribution in [0.3, 0.4) is 0 Å². The van der Waals surface area contributed by atoms with Crippen LogP contribution in [0, 0.1) is 5.92 Å². The fourth-order valence-electron chi connectivity index (χ4n) is 1.48. The maximum Gasteiger partial charge on any atom is 0.395 e. The normalized spacial score (nSPS) is 32.2. The lowest BCUT2D eigenvalue weighted by Crippen LogP contribution is -2.30. The maximum absolute atomic E-state index is 12.6. The summed E-state index contributed by atoms with van der Waals surface area (Å²) in [6.07, 6.45) is -5.65. The second-order valence-electron chi connectivity index (χ2n) is 3.13. The summed E-state index contributed by atoms with van der Waals surface area (Å²) < 4.78 is 49.0. The number of hydrogen-bond acceptors (Lipinski definition) is 0. The number of alkyl halides is 4. The van der Waals surface area contributed by atoms with Gasteiger partial charge in [0.15, 0.2) is 0 Å². The van der Waals surface area contributed by atoms with Crippen LogP contribution in [0.25, 0.3) is 0 Å². The fraction of sp³-hybridized carbons (Fsp3) is 0.750. The van der Waals surface area contributed by atoms with E-state index in [1.807, 2.05) is 0 Å². The molecule has 0 aromatic carbocycles. The van der Waals surface area contributed by atoms with Crippen LogP contribution in [0.4, 0.5) is 17.6 Å². The molecule has 1 saturated carbocycles. The molecule has 0 heterocycles. The van der Waals surface area contributed by atoms with E-state index in [1.54, 1.807) is 0 Å². The molecule has 0 aromatic heterocycles. The van der Waals surface area contributed by atoms with Crippen molar-refractivity contribution in [3.8, 4) is 0 Å². The zero-order valence-electron chi connectivity index (χ0n) is 6.49. The van der Waals surface area contributed by atoms with Gasteiger partial charge in [-0.3, -0.25) is 0 Å². The van der Waals surface area contributed by atoms with E-state index < -0.39 is 18.3 Å². The predicted molar refractivity (Wildman–Crippen MR) is 37.4 cm³/mol.